The molecule has 126 valence electrons. The van der Waals surface area contributed by atoms with E-state index in [0.29, 0.717) is 11.3 Å². The molecule has 6 heteroatoms. The first-order valence-corrected chi connectivity index (χ1v) is 7.72. The van der Waals surface area contributed by atoms with E-state index >= 15 is 0 Å². The van der Waals surface area contributed by atoms with Gasteiger partial charge in [0.15, 0.2) is 0 Å². The van der Waals surface area contributed by atoms with Crippen molar-refractivity contribution in [2.24, 2.45) is 0 Å². The SMILES string of the molecule is CN(C)c1ccc(NC(=O)c2ccc([N+](=O)[O-])cc2)c2ccccc12. The molecule has 3 aromatic carbocycles. The molecule has 25 heavy (non-hydrogen) atoms. The number of non-ortho nitro benzene ring substituents is 1. The van der Waals surface area contributed by atoms with Crippen molar-refractivity contribution >= 4 is 33.7 Å². The number of nitrogens with one attached hydrogen (secondary N) is 1. The average Bonchev–Trinajstić information content (AvgIpc) is 2.61. The number of amides is 1. The number of rotatable bonds is 4. The maximum absolute atomic E-state index is 12.5. The number of nitro benzene ring substituents is 1. The number of carbonyl (C=O) groups is 1. The van der Waals surface area contributed by atoms with Gasteiger partial charge >= 0.3 is 0 Å². The summed E-state index contributed by atoms with van der Waals surface area (Å²) in [6, 6.07) is 17.2. The van der Waals surface area contributed by atoms with Gasteiger partial charge in [-0.2, -0.15) is 0 Å². The third kappa shape index (κ3) is 3.28. The van der Waals surface area contributed by atoms with Crippen LogP contribution in [0.25, 0.3) is 10.8 Å². The van der Waals surface area contributed by atoms with Gasteiger partial charge in [0.2, 0.25) is 0 Å². The predicted octanol–water partition coefficient (Wildman–Crippen LogP) is 4.07. The molecule has 1 N–H and O–H groups in total. The summed E-state index contributed by atoms with van der Waals surface area (Å²) in [7, 11) is 3.94. The summed E-state index contributed by atoms with van der Waals surface area (Å²) in [5.41, 5.74) is 2.08. The largest absolute Gasteiger partial charge is 0.377 e. The molecule has 0 bridgehead atoms. The number of hydrogen-bond donors (Lipinski definition) is 1. The summed E-state index contributed by atoms with van der Waals surface area (Å²) in [5, 5.41) is 15.6. The van der Waals surface area contributed by atoms with Crippen LogP contribution in [-0.4, -0.2) is 24.9 Å². The van der Waals surface area contributed by atoms with Crippen molar-refractivity contribution in [2.75, 3.05) is 24.3 Å². The zero-order valence-electron chi connectivity index (χ0n) is 13.9. The molecule has 0 fully saturated rings. The zero-order valence-corrected chi connectivity index (χ0v) is 13.9. The third-order valence-corrected chi connectivity index (χ3v) is 3.97. The summed E-state index contributed by atoms with van der Waals surface area (Å²) < 4.78 is 0. The molecule has 3 rings (SSSR count). The fourth-order valence-electron chi connectivity index (χ4n) is 2.71. The Kier molecular flexibility index (Phi) is 4.35. The van der Waals surface area contributed by atoms with Crippen molar-refractivity contribution in [3.05, 3.63) is 76.3 Å². The molecule has 0 aliphatic heterocycles. The Morgan fingerprint density at radius 2 is 1.60 bits per heavy atom. The second-order valence-electron chi connectivity index (χ2n) is 5.83. The third-order valence-electron chi connectivity index (χ3n) is 3.97. The monoisotopic (exact) mass is 335 g/mol. The Morgan fingerprint density at radius 1 is 0.960 bits per heavy atom. The van der Waals surface area contributed by atoms with E-state index in [0.717, 1.165) is 16.5 Å². The van der Waals surface area contributed by atoms with Gasteiger partial charge < -0.3 is 10.2 Å². The summed E-state index contributed by atoms with van der Waals surface area (Å²) in [6.45, 7) is 0. The maximum Gasteiger partial charge on any atom is 0.269 e. The summed E-state index contributed by atoms with van der Waals surface area (Å²) in [6.07, 6.45) is 0. The molecular formula is C19H17N3O3. The van der Waals surface area contributed by atoms with Gasteiger partial charge in [-0.05, 0) is 24.3 Å². The van der Waals surface area contributed by atoms with E-state index in [2.05, 4.69) is 5.32 Å². The summed E-state index contributed by atoms with van der Waals surface area (Å²) >= 11 is 0. The number of anilines is 2. The first kappa shape index (κ1) is 16.4. The fourth-order valence-corrected chi connectivity index (χ4v) is 2.71. The summed E-state index contributed by atoms with van der Waals surface area (Å²) in [5.74, 6) is -0.308. The van der Waals surface area contributed by atoms with Gasteiger partial charge in [-0.3, -0.25) is 14.9 Å². The predicted molar refractivity (Wildman–Crippen MR) is 99.3 cm³/mol. The first-order chi connectivity index (χ1) is 12.0. The van der Waals surface area contributed by atoms with Crippen molar-refractivity contribution in [3.63, 3.8) is 0 Å². The molecule has 0 saturated carbocycles. The number of nitrogens with zero attached hydrogens (tertiary/aromatic N) is 2. The van der Waals surface area contributed by atoms with Crippen LogP contribution < -0.4 is 10.2 Å². The van der Waals surface area contributed by atoms with Crippen molar-refractivity contribution in [3.8, 4) is 0 Å². The Hall–Kier alpha value is -3.41. The normalized spacial score (nSPS) is 10.5. The lowest BCUT2D eigenvalue weighted by Crippen LogP contribution is -2.13. The molecule has 0 atom stereocenters. The Balaban J connectivity index is 1.94. The van der Waals surface area contributed by atoms with Gasteiger partial charge in [-0.15, -0.1) is 0 Å². The Morgan fingerprint density at radius 3 is 2.20 bits per heavy atom. The quantitative estimate of drug-likeness (QED) is 0.576. The van der Waals surface area contributed by atoms with E-state index in [9.17, 15) is 14.9 Å². The number of hydrogen-bond acceptors (Lipinski definition) is 4. The van der Waals surface area contributed by atoms with Crippen LogP contribution in [0, 0.1) is 10.1 Å². The highest BCUT2D eigenvalue weighted by Gasteiger charge is 2.12. The standard InChI is InChI=1S/C19H17N3O3/c1-21(2)18-12-11-17(15-5-3-4-6-16(15)18)20-19(23)13-7-9-14(10-8-13)22(24)25/h3-12H,1-2H3,(H,20,23). The molecule has 0 aliphatic carbocycles. The Bertz CT molecular complexity index is 950. The maximum atomic E-state index is 12.5. The topological polar surface area (TPSA) is 75.5 Å². The van der Waals surface area contributed by atoms with E-state index in [1.165, 1.54) is 24.3 Å². The average molecular weight is 335 g/mol. The zero-order chi connectivity index (χ0) is 18.0. The minimum atomic E-state index is -0.491. The lowest BCUT2D eigenvalue weighted by atomic mass is 10.1. The van der Waals surface area contributed by atoms with E-state index in [1.54, 1.807) is 0 Å². The van der Waals surface area contributed by atoms with Gasteiger partial charge in [0, 0.05) is 53.9 Å². The molecule has 0 aromatic heterocycles. The van der Waals surface area contributed by atoms with Crippen molar-refractivity contribution in [2.45, 2.75) is 0 Å². The van der Waals surface area contributed by atoms with Crippen LogP contribution >= 0.6 is 0 Å². The lowest BCUT2D eigenvalue weighted by Gasteiger charge is -2.17. The van der Waals surface area contributed by atoms with E-state index in [1.807, 2.05) is 55.4 Å². The van der Waals surface area contributed by atoms with E-state index in [4.69, 9.17) is 0 Å². The minimum Gasteiger partial charge on any atom is -0.377 e. The van der Waals surface area contributed by atoms with Gasteiger partial charge in [0.1, 0.15) is 0 Å². The van der Waals surface area contributed by atoms with Gasteiger partial charge in [-0.1, -0.05) is 24.3 Å². The lowest BCUT2D eigenvalue weighted by molar-refractivity contribution is -0.384. The molecule has 0 spiro atoms. The van der Waals surface area contributed by atoms with Gasteiger partial charge in [0.25, 0.3) is 11.6 Å². The molecular weight excluding hydrogens is 318 g/mol. The second-order valence-corrected chi connectivity index (χ2v) is 5.83. The van der Waals surface area contributed by atoms with Crippen LogP contribution in [-0.2, 0) is 0 Å². The first-order valence-electron chi connectivity index (χ1n) is 7.72. The number of fused-ring (bicyclic) bond motifs is 1. The van der Waals surface area contributed by atoms with Crippen LogP contribution in [0.1, 0.15) is 10.4 Å². The molecule has 1 amide bonds. The fraction of sp³-hybridized carbons (Fsp3) is 0.105. The van der Waals surface area contributed by atoms with Gasteiger partial charge in [0.05, 0.1) is 4.92 Å². The van der Waals surface area contributed by atoms with Crippen molar-refractivity contribution in [1.29, 1.82) is 0 Å². The molecule has 6 nitrogen and oxygen atoms in total. The van der Waals surface area contributed by atoms with Gasteiger partial charge in [-0.25, -0.2) is 0 Å². The van der Waals surface area contributed by atoms with Crippen LogP contribution in [0.5, 0.6) is 0 Å². The van der Waals surface area contributed by atoms with Crippen LogP contribution in [0.4, 0.5) is 17.1 Å². The highest BCUT2D eigenvalue weighted by molar-refractivity contribution is 6.11. The molecule has 3 aromatic rings. The van der Waals surface area contributed by atoms with E-state index in [-0.39, 0.29) is 11.6 Å². The summed E-state index contributed by atoms with van der Waals surface area (Å²) in [4.78, 5) is 24.7. The number of nitro groups is 1. The van der Waals surface area contributed by atoms with Crippen molar-refractivity contribution in [1.82, 2.24) is 0 Å². The van der Waals surface area contributed by atoms with Crippen LogP contribution in [0.3, 0.4) is 0 Å². The van der Waals surface area contributed by atoms with Crippen molar-refractivity contribution < 1.29 is 9.72 Å². The van der Waals surface area contributed by atoms with E-state index < -0.39 is 4.92 Å². The Labute approximate surface area is 144 Å². The molecule has 0 unspecified atom stereocenters. The highest BCUT2D eigenvalue weighted by Crippen LogP contribution is 2.31. The molecule has 0 saturated heterocycles. The molecule has 0 aliphatic rings. The molecule has 0 radical (unpaired) electrons. The minimum absolute atomic E-state index is 0.0441. The van der Waals surface area contributed by atoms with Crippen LogP contribution in [0.15, 0.2) is 60.7 Å². The second kappa shape index (κ2) is 6.60. The molecule has 0 heterocycles. The highest BCUT2D eigenvalue weighted by atomic mass is 16.6. The number of benzene rings is 3. The smallest absolute Gasteiger partial charge is 0.269 e. The van der Waals surface area contributed by atoms with Crippen LogP contribution in [0.2, 0.25) is 0 Å². The number of carbonyl (C=O) groups excluding carboxylic acids is 1.